The molecule has 0 N–H and O–H groups in total. The summed E-state index contributed by atoms with van der Waals surface area (Å²) >= 11 is 7.50. The van der Waals surface area contributed by atoms with E-state index >= 15 is 0 Å². The number of aryl methyl sites for hydroxylation is 1. The van der Waals surface area contributed by atoms with Crippen molar-refractivity contribution in [3.05, 3.63) is 40.7 Å². The number of benzene rings is 1. The van der Waals surface area contributed by atoms with E-state index in [0.717, 1.165) is 21.8 Å². The molecule has 0 unspecified atom stereocenters. The number of hydrogen-bond donors (Lipinski definition) is 0. The second-order valence-electron chi connectivity index (χ2n) is 3.50. The van der Waals surface area contributed by atoms with Gasteiger partial charge in [0.15, 0.2) is 5.16 Å². The van der Waals surface area contributed by atoms with Gasteiger partial charge in [0.1, 0.15) is 5.82 Å². The molecule has 0 aliphatic carbocycles. The van der Waals surface area contributed by atoms with Gasteiger partial charge < -0.3 is 4.57 Å². The minimum Gasteiger partial charge on any atom is -0.309 e. The molecule has 0 fully saturated rings. The molecule has 5 heteroatoms. The van der Waals surface area contributed by atoms with Gasteiger partial charge in [-0.1, -0.05) is 35.5 Å². The van der Waals surface area contributed by atoms with Crippen molar-refractivity contribution < 1.29 is 0 Å². The van der Waals surface area contributed by atoms with Gasteiger partial charge in [-0.15, -0.1) is 10.2 Å². The molecule has 3 nitrogen and oxygen atoms in total. The van der Waals surface area contributed by atoms with Gasteiger partial charge in [-0.05, 0) is 24.6 Å². The molecule has 0 saturated heterocycles. The maximum Gasteiger partial charge on any atom is 0.191 e. The van der Waals surface area contributed by atoms with Gasteiger partial charge in [0.05, 0.1) is 0 Å². The van der Waals surface area contributed by atoms with Crippen LogP contribution in [0, 0.1) is 6.92 Å². The van der Waals surface area contributed by atoms with Gasteiger partial charge in [0.25, 0.3) is 0 Å². The Kier molecular flexibility index (Phi) is 3.51. The van der Waals surface area contributed by atoms with E-state index < -0.39 is 0 Å². The van der Waals surface area contributed by atoms with Crippen molar-refractivity contribution in [3.8, 4) is 0 Å². The van der Waals surface area contributed by atoms with Crippen LogP contribution in [0.3, 0.4) is 0 Å². The largest absolute Gasteiger partial charge is 0.309 e. The van der Waals surface area contributed by atoms with Crippen LogP contribution in [0.1, 0.15) is 11.4 Å². The Morgan fingerprint density at radius 2 is 1.94 bits per heavy atom. The van der Waals surface area contributed by atoms with Crippen LogP contribution in [0.5, 0.6) is 0 Å². The molecule has 1 heterocycles. The SMILES string of the molecule is Cc1nnc(SCc2ccc(Cl)cc2)n1C. The molecule has 0 amide bonds. The molecule has 0 atom stereocenters. The normalized spacial score (nSPS) is 10.7. The first-order chi connectivity index (χ1) is 7.66. The summed E-state index contributed by atoms with van der Waals surface area (Å²) in [4.78, 5) is 0. The van der Waals surface area contributed by atoms with Gasteiger partial charge in [-0.25, -0.2) is 0 Å². The second kappa shape index (κ2) is 4.89. The third-order valence-electron chi connectivity index (χ3n) is 2.33. The molecule has 84 valence electrons. The average molecular weight is 254 g/mol. The highest BCUT2D eigenvalue weighted by Gasteiger charge is 2.05. The third-order valence-corrected chi connectivity index (χ3v) is 3.68. The number of hydrogen-bond acceptors (Lipinski definition) is 3. The highest BCUT2D eigenvalue weighted by atomic mass is 35.5. The maximum absolute atomic E-state index is 5.82. The highest BCUT2D eigenvalue weighted by Crippen LogP contribution is 2.21. The first-order valence-corrected chi connectivity index (χ1v) is 6.26. The van der Waals surface area contributed by atoms with Crippen LogP contribution in [-0.4, -0.2) is 14.8 Å². The Bertz CT molecular complexity index is 478. The van der Waals surface area contributed by atoms with Crippen molar-refractivity contribution >= 4 is 23.4 Å². The smallest absolute Gasteiger partial charge is 0.191 e. The monoisotopic (exact) mass is 253 g/mol. The zero-order valence-corrected chi connectivity index (χ0v) is 10.7. The van der Waals surface area contributed by atoms with Crippen LogP contribution in [0.2, 0.25) is 5.02 Å². The van der Waals surface area contributed by atoms with Crippen LogP contribution in [0.25, 0.3) is 0 Å². The summed E-state index contributed by atoms with van der Waals surface area (Å²) in [5.41, 5.74) is 1.23. The molecule has 1 aromatic carbocycles. The fourth-order valence-corrected chi connectivity index (χ4v) is 2.28. The number of rotatable bonds is 3. The maximum atomic E-state index is 5.82. The molecule has 16 heavy (non-hydrogen) atoms. The van der Waals surface area contributed by atoms with Crippen LogP contribution in [-0.2, 0) is 12.8 Å². The molecule has 2 aromatic rings. The molecule has 0 spiro atoms. The van der Waals surface area contributed by atoms with Gasteiger partial charge in [-0.3, -0.25) is 0 Å². The Morgan fingerprint density at radius 3 is 2.50 bits per heavy atom. The molecular weight excluding hydrogens is 242 g/mol. The van der Waals surface area contributed by atoms with E-state index in [1.54, 1.807) is 11.8 Å². The van der Waals surface area contributed by atoms with Crippen molar-refractivity contribution in [2.24, 2.45) is 7.05 Å². The lowest BCUT2D eigenvalue weighted by Gasteiger charge is -2.02. The van der Waals surface area contributed by atoms with E-state index in [-0.39, 0.29) is 0 Å². The number of halogens is 1. The van der Waals surface area contributed by atoms with Gasteiger partial charge in [-0.2, -0.15) is 0 Å². The molecule has 2 rings (SSSR count). The van der Waals surface area contributed by atoms with Crippen molar-refractivity contribution in [1.82, 2.24) is 14.8 Å². The predicted octanol–water partition coefficient (Wildman–Crippen LogP) is 3.07. The minimum absolute atomic E-state index is 0.767. The molecular formula is C11H12ClN3S. The van der Waals surface area contributed by atoms with Gasteiger partial charge >= 0.3 is 0 Å². The zero-order chi connectivity index (χ0) is 11.5. The number of nitrogens with zero attached hydrogens (tertiary/aromatic N) is 3. The van der Waals surface area contributed by atoms with E-state index in [0.29, 0.717) is 0 Å². The van der Waals surface area contributed by atoms with Crippen LogP contribution >= 0.6 is 23.4 Å². The second-order valence-corrected chi connectivity index (χ2v) is 4.88. The number of thioether (sulfide) groups is 1. The summed E-state index contributed by atoms with van der Waals surface area (Å²) in [5.74, 6) is 1.81. The summed E-state index contributed by atoms with van der Waals surface area (Å²) in [6.07, 6.45) is 0. The lowest BCUT2D eigenvalue weighted by atomic mass is 10.2. The third kappa shape index (κ3) is 2.57. The molecule has 0 saturated carbocycles. The van der Waals surface area contributed by atoms with Gasteiger partial charge in [0.2, 0.25) is 0 Å². The average Bonchev–Trinajstić information content (AvgIpc) is 2.60. The molecule has 0 aliphatic rings. The first-order valence-electron chi connectivity index (χ1n) is 4.90. The predicted molar refractivity (Wildman–Crippen MR) is 66.8 cm³/mol. The topological polar surface area (TPSA) is 30.7 Å². The summed E-state index contributed by atoms with van der Waals surface area (Å²) in [6, 6.07) is 7.86. The van der Waals surface area contributed by atoms with E-state index in [9.17, 15) is 0 Å². The standard InChI is InChI=1S/C11H12ClN3S/c1-8-13-14-11(15(8)2)16-7-9-3-5-10(12)6-4-9/h3-6H,7H2,1-2H3. The lowest BCUT2D eigenvalue weighted by Crippen LogP contribution is -1.93. The van der Waals surface area contributed by atoms with Crippen molar-refractivity contribution in [2.45, 2.75) is 17.8 Å². The van der Waals surface area contributed by atoms with E-state index in [2.05, 4.69) is 10.2 Å². The Labute approximate surface area is 104 Å². The minimum atomic E-state index is 0.767. The Balaban J connectivity index is 2.02. The van der Waals surface area contributed by atoms with Crippen molar-refractivity contribution in [1.29, 1.82) is 0 Å². The summed E-state index contributed by atoms with van der Waals surface area (Å²) in [5, 5.41) is 9.82. The Hall–Kier alpha value is -1.00. The quantitative estimate of drug-likeness (QED) is 0.788. The number of aromatic nitrogens is 3. The molecule has 0 bridgehead atoms. The summed E-state index contributed by atoms with van der Waals surface area (Å²) < 4.78 is 1.99. The molecule has 0 aliphatic heterocycles. The first kappa shape index (κ1) is 11.5. The fraction of sp³-hybridized carbons (Fsp3) is 0.273. The van der Waals surface area contributed by atoms with Crippen molar-refractivity contribution in [3.63, 3.8) is 0 Å². The van der Waals surface area contributed by atoms with Crippen LogP contribution in [0.4, 0.5) is 0 Å². The fourth-order valence-electron chi connectivity index (χ4n) is 1.24. The van der Waals surface area contributed by atoms with Crippen LogP contribution < -0.4 is 0 Å². The van der Waals surface area contributed by atoms with E-state index in [4.69, 9.17) is 11.6 Å². The zero-order valence-electron chi connectivity index (χ0n) is 9.14. The lowest BCUT2D eigenvalue weighted by molar-refractivity contribution is 0.765. The summed E-state index contributed by atoms with van der Waals surface area (Å²) in [6.45, 7) is 1.94. The summed E-state index contributed by atoms with van der Waals surface area (Å²) in [7, 11) is 1.97. The highest BCUT2D eigenvalue weighted by molar-refractivity contribution is 7.98. The van der Waals surface area contributed by atoms with E-state index in [1.807, 2.05) is 42.8 Å². The van der Waals surface area contributed by atoms with Gasteiger partial charge in [0, 0.05) is 17.8 Å². The van der Waals surface area contributed by atoms with Crippen LogP contribution in [0.15, 0.2) is 29.4 Å². The van der Waals surface area contributed by atoms with Crippen molar-refractivity contribution in [2.75, 3.05) is 0 Å². The van der Waals surface area contributed by atoms with E-state index in [1.165, 1.54) is 5.56 Å². The molecule has 0 radical (unpaired) electrons. The molecule has 1 aromatic heterocycles. The Morgan fingerprint density at radius 1 is 1.25 bits per heavy atom.